The van der Waals surface area contributed by atoms with Gasteiger partial charge in [-0.15, -0.1) is 0 Å². The molecule has 0 spiro atoms. The Hall–Kier alpha value is -2.38. The zero-order valence-corrected chi connectivity index (χ0v) is 14.3. The van der Waals surface area contributed by atoms with E-state index in [-0.39, 0.29) is 0 Å². The maximum Gasteiger partial charge on any atom is 0.375 e. The van der Waals surface area contributed by atoms with Crippen LogP contribution in [0.2, 0.25) is 0 Å². The van der Waals surface area contributed by atoms with Gasteiger partial charge in [-0.2, -0.15) is 17.9 Å². The van der Waals surface area contributed by atoms with Crippen LogP contribution >= 0.6 is 0 Å². The number of hydrogen-bond acceptors (Lipinski definition) is 4. The summed E-state index contributed by atoms with van der Waals surface area (Å²) in [7, 11) is -0.559. The summed E-state index contributed by atoms with van der Waals surface area (Å²) in [6.07, 6.45) is 0.408. The molecule has 0 aromatic heterocycles. The van der Waals surface area contributed by atoms with Crippen LogP contribution in [0.15, 0.2) is 59.7 Å². The third kappa shape index (κ3) is 3.27. The SMILES string of the molecule is CN(C)c1ccc(C2CC(c3ccccc3)=NN2S(=O)(=O)O)cc1. The molecule has 7 heteroatoms. The fraction of sp³-hybridized carbons (Fsp3) is 0.235. The van der Waals surface area contributed by atoms with Crippen molar-refractivity contribution in [1.29, 1.82) is 0 Å². The van der Waals surface area contributed by atoms with Gasteiger partial charge >= 0.3 is 10.3 Å². The van der Waals surface area contributed by atoms with Crippen molar-refractivity contribution in [2.24, 2.45) is 5.10 Å². The molecule has 1 aliphatic rings. The predicted octanol–water partition coefficient (Wildman–Crippen LogP) is 2.71. The second-order valence-electron chi connectivity index (χ2n) is 5.87. The molecule has 1 N–H and O–H groups in total. The zero-order chi connectivity index (χ0) is 17.3. The van der Waals surface area contributed by atoms with Crippen LogP contribution < -0.4 is 4.90 Å². The zero-order valence-electron chi connectivity index (χ0n) is 13.5. The smallest absolute Gasteiger partial charge is 0.375 e. The molecule has 3 rings (SSSR count). The van der Waals surface area contributed by atoms with Gasteiger partial charge in [-0.05, 0) is 23.3 Å². The molecular formula is C17H19N3O3S. The van der Waals surface area contributed by atoms with Crippen LogP contribution in [0.25, 0.3) is 0 Å². The quantitative estimate of drug-likeness (QED) is 0.865. The van der Waals surface area contributed by atoms with Crippen LogP contribution in [-0.2, 0) is 10.3 Å². The van der Waals surface area contributed by atoms with Crippen LogP contribution in [-0.4, -0.2) is 37.2 Å². The van der Waals surface area contributed by atoms with Gasteiger partial charge in [0, 0.05) is 26.2 Å². The Kier molecular flexibility index (Phi) is 4.29. The van der Waals surface area contributed by atoms with Gasteiger partial charge in [-0.1, -0.05) is 42.5 Å². The molecular weight excluding hydrogens is 326 g/mol. The first-order chi connectivity index (χ1) is 11.4. The highest BCUT2D eigenvalue weighted by atomic mass is 32.2. The van der Waals surface area contributed by atoms with Gasteiger partial charge in [-0.3, -0.25) is 4.55 Å². The summed E-state index contributed by atoms with van der Waals surface area (Å²) in [6, 6.07) is 16.4. The summed E-state index contributed by atoms with van der Waals surface area (Å²) in [5.74, 6) is 0. The Morgan fingerprint density at radius 3 is 2.25 bits per heavy atom. The molecule has 0 radical (unpaired) electrons. The van der Waals surface area contributed by atoms with Crippen molar-refractivity contribution in [2.75, 3.05) is 19.0 Å². The van der Waals surface area contributed by atoms with Gasteiger partial charge in [0.2, 0.25) is 0 Å². The Balaban J connectivity index is 1.96. The fourth-order valence-electron chi connectivity index (χ4n) is 2.75. The lowest BCUT2D eigenvalue weighted by Crippen LogP contribution is -2.26. The minimum absolute atomic E-state index is 0.408. The topological polar surface area (TPSA) is 73.2 Å². The number of nitrogens with zero attached hydrogens (tertiary/aromatic N) is 3. The summed E-state index contributed by atoms with van der Waals surface area (Å²) in [5, 5.41) is 4.15. The van der Waals surface area contributed by atoms with Gasteiger partial charge in [0.25, 0.3) is 0 Å². The van der Waals surface area contributed by atoms with Crippen molar-refractivity contribution in [2.45, 2.75) is 12.5 Å². The van der Waals surface area contributed by atoms with Crippen molar-refractivity contribution >= 4 is 21.7 Å². The Morgan fingerprint density at radius 2 is 1.71 bits per heavy atom. The molecule has 6 nitrogen and oxygen atoms in total. The number of benzene rings is 2. The van der Waals surface area contributed by atoms with E-state index in [9.17, 15) is 13.0 Å². The molecule has 0 aliphatic carbocycles. The molecule has 2 aromatic carbocycles. The van der Waals surface area contributed by atoms with E-state index in [0.717, 1.165) is 21.2 Å². The van der Waals surface area contributed by atoms with E-state index in [0.29, 0.717) is 12.1 Å². The third-order valence-corrected chi connectivity index (χ3v) is 4.82. The standard InChI is InChI=1S/C17H19N3O3S/c1-19(2)15-10-8-14(9-11-15)17-12-16(13-6-4-3-5-7-13)18-20(17)24(21,22)23/h3-11,17H,12H2,1-2H3,(H,21,22,23). The molecule has 1 atom stereocenters. The van der Waals surface area contributed by atoms with Crippen LogP contribution in [0, 0.1) is 0 Å². The van der Waals surface area contributed by atoms with E-state index in [1.807, 2.05) is 73.6 Å². The van der Waals surface area contributed by atoms with E-state index >= 15 is 0 Å². The minimum atomic E-state index is -4.43. The van der Waals surface area contributed by atoms with Crippen molar-refractivity contribution in [3.05, 3.63) is 65.7 Å². The highest BCUT2D eigenvalue weighted by Gasteiger charge is 2.35. The Morgan fingerprint density at radius 1 is 1.08 bits per heavy atom. The highest BCUT2D eigenvalue weighted by Crippen LogP contribution is 2.35. The monoisotopic (exact) mass is 345 g/mol. The summed E-state index contributed by atoms with van der Waals surface area (Å²) in [5.41, 5.74) is 3.28. The number of anilines is 1. The van der Waals surface area contributed by atoms with Crippen molar-refractivity contribution < 1.29 is 13.0 Å². The first-order valence-corrected chi connectivity index (χ1v) is 8.93. The van der Waals surface area contributed by atoms with E-state index in [1.165, 1.54) is 0 Å². The normalized spacial score (nSPS) is 17.7. The van der Waals surface area contributed by atoms with Crippen LogP contribution in [0.5, 0.6) is 0 Å². The minimum Gasteiger partial charge on any atom is -0.378 e. The van der Waals surface area contributed by atoms with E-state index in [2.05, 4.69) is 5.10 Å². The van der Waals surface area contributed by atoms with Gasteiger partial charge in [-0.25, -0.2) is 0 Å². The fourth-order valence-corrected chi connectivity index (χ4v) is 3.47. The van der Waals surface area contributed by atoms with Gasteiger partial charge in [0.1, 0.15) is 0 Å². The van der Waals surface area contributed by atoms with E-state index in [1.54, 1.807) is 0 Å². The summed E-state index contributed by atoms with van der Waals surface area (Å²) >= 11 is 0. The molecule has 1 aliphatic heterocycles. The van der Waals surface area contributed by atoms with Gasteiger partial charge in [0.15, 0.2) is 0 Å². The van der Waals surface area contributed by atoms with Crippen molar-refractivity contribution in [3.63, 3.8) is 0 Å². The number of rotatable bonds is 4. The molecule has 0 saturated carbocycles. The third-order valence-electron chi connectivity index (χ3n) is 4.01. The van der Waals surface area contributed by atoms with Crippen LogP contribution in [0.3, 0.4) is 0 Å². The molecule has 24 heavy (non-hydrogen) atoms. The van der Waals surface area contributed by atoms with Gasteiger partial charge < -0.3 is 4.90 Å². The average Bonchev–Trinajstić information content (AvgIpc) is 3.01. The largest absolute Gasteiger partial charge is 0.378 e. The summed E-state index contributed by atoms with van der Waals surface area (Å²) < 4.78 is 33.8. The second-order valence-corrected chi connectivity index (χ2v) is 7.14. The van der Waals surface area contributed by atoms with E-state index in [4.69, 9.17) is 0 Å². The lowest BCUT2D eigenvalue weighted by atomic mass is 9.99. The molecule has 0 bridgehead atoms. The van der Waals surface area contributed by atoms with Crippen molar-refractivity contribution in [1.82, 2.24) is 4.41 Å². The second kappa shape index (κ2) is 6.26. The molecule has 1 unspecified atom stereocenters. The first kappa shape index (κ1) is 16.5. The maximum absolute atomic E-state index is 11.7. The van der Waals surface area contributed by atoms with Crippen LogP contribution in [0.4, 0.5) is 5.69 Å². The highest BCUT2D eigenvalue weighted by molar-refractivity contribution is 7.83. The van der Waals surface area contributed by atoms with Crippen LogP contribution in [0.1, 0.15) is 23.6 Å². The first-order valence-electron chi connectivity index (χ1n) is 7.53. The molecule has 0 saturated heterocycles. The maximum atomic E-state index is 11.7. The van der Waals surface area contributed by atoms with Crippen molar-refractivity contribution in [3.8, 4) is 0 Å². The molecule has 2 aromatic rings. The molecule has 1 heterocycles. The van der Waals surface area contributed by atoms with E-state index < -0.39 is 16.3 Å². The number of hydrogen-bond donors (Lipinski definition) is 1. The van der Waals surface area contributed by atoms with Gasteiger partial charge in [0.05, 0.1) is 11.8 Å². The summed E-state index contributed by atoms with van der Waals surface area (Å²) in [6.45, 7) is 0. The Bertz CT molecular complexity index is 846. The lowest BCUT2D eigenvalue weighted by Gasteiger charge is -2.21. The molecule has 0 fully saturated rings. The number of hydrazone groups is 1. The Labute approximate surface area is 141 Å². The molecule has 126 valence electrons. The predicted molar refractivity (Wildman–Crippen MR) is 94.5 cm³/mol. The lowest BCUT2D eigenvalue weighted by molar-refractivity contribution is 0.321. The summed E-state index contributed by atoms with van der Waals surface area (Å²) in [4.78, 5) is 1.96. The molecule has 0 amide bonds. The average molecular weight is 345 g/mol.